The number of imidazole rings is 1. The van der Waals surface area contributed by atoms with Crippen LogP contribution in [-0.2, 0) is 11.2 Å². The van der Waals surface area contributed by atoms with E-state index in [1.165, 1.54) is 0 Å². The van der Waals surface area contributed by atoms with E-state index in [4.69, 9.17) is 5.73 Å². The maximum absolute atomic E-state index is 12.7. The number of nitrogens with zero attached hydrogens (tertiary/aromatic N) is 5. The van der Waals surface area contributed by atoms with Crippen LogP contribution in [0.1, 0.15) is 30.3 Å². The number of rotatable bonds is 3. The number of hydrogen-bond donors (Lipinski definition) is 1. The van der Waals surface area contributed by atoms with Crippen LogP contribution in [0, 0.1) is 0 Å². The third-order valence-electron chi connectivity index (χ3n) is 4.37. The first-order chi connectivity index (χ1) is 11.7. The number of likely N-dealkylation sites (tertiary alicyclic amines) is 1. The molecule has 0 aliphatic carbocycles. The van der Waals surface area contributed by atoms with Gasteiger partial charge < -0.3 is 15.0 Å². The highest BCUT2D eigenvalue weighted by atomic mass is 16.2. The number of nitrogens with two attached hydrogens (primary N) is 1. The molecule has 1 unspecified atom stereocenters. The molecule has 0 bridgehead atoms. The van der Waals surface area contributed by atoms with Gasteiger partial charge in [-0.05, 0) is 37.1 Å². The van der Waals surface area contributed by atoms with Crippen molar-refractivity contribution in [3.8, 4) is 0 Å². The smallest absolute Gasteiger partial charge is 0.229 e. The lowest BCUT2D eigenvalue weighted by atomic mass is 10.1. The van der Waals surface area contributed by atoms with Crippen molar-refractivity contribution in [2.24, 2.45) is 0 Å². The van der Waals surface area contributed by atoms with Crippen LogP contribution in [-0.4, -0.2) is 36.9 Å². The van der Waals surface area contributed by atoms with Crippen LogP contribution in [0.5, 0.6) is 0 Å². The second-order valence-corrected chi connectivity index (χ2v) is 6.00. The molecule has 24 heavy (non-hydrogen) atoms. The first-order valence-corrected chi connectivity index (χ1v) is 8.02. The highest BCUT2D eigenvalue weighted by Crippen LogP contribution is 2.31. The van der Waals surface area contributed by atoms with Gasteiger partial charge in [-0.3, -0.25) is 4.79 Å². The highest BCUT2D eigenvalue weighted by Gasteiger charge is 2.31. The van der Waals surface area contributed by atoms with E-state index in [0.717, 1.165) is 36.4 Å². The van der Waals surface area contributed by atoms with Crippen molar-refractivity contribution >= 4 is 17.4 Å². The van der Waals surface area contributed by atoms with E-state index in [9.17, 15) is 4.79 Å². The fourth-order valence-electron chi connectivity index (χ4n) is 3.23. The van der Waals surface area contributed by atoms with Crippen molar-refractivity contribution in [3.05, 3.63) is 54.1 Å². The summed E-state index contributed by atoms with van der Waals surface area (Å²) >= 11 is 0. The van der Waals surface area contributed by atoms with E-state index in [1.54, 1.807) is 6.07 Å². The van der Waals surface area contributed by atoms with Gasteiger partial charge in [0.25, 0.3) is 0 Å². The Morgan fingerprint density at radius 2 is 2.17 bits per heavy atom. The second kappa shape index (κ2) is 5.92. The van der Waals surface area contributed by atoms with Crippen LogP contribution < -0.4 is 5.73 Å². The monoisotopic (exact) mass is 322 g/mol. The molecule has 1 aliphatic rings. The zero-order chi connectivity index (χ0) is 16.5. The van der Waals surface area contributed by atoms with Gasteiger partial charge in [0.1, 0.15) is 11.5 Å². The number of fused-ring (bicyclic) bond motifs is 1. The SMILES string of the molecule is Nc1ccc(C2CCCN2C(=O)Cc2cn3ccccc3n2)nn1. The Balaban J connectivity index is 1.53. The number of nitrogen functional groups attached to an aromatic ring is 1. The molecule has 4 heterocycles. The minimum Gasteiger partial charge on any atom is -0.382 e. The summed E-state index contributed by atoms with van der Waals surface area (Å²) in [5, 5.41) is 8.05. The standard InChI is InChI=1S/C17H18N6O/c18-15-7-6-13(20-21-15)14-4-3-9-23(14)17(24)10-12-11-22-8-2-1-5-16(22)19-12/h1-2,5-8,11,14H,3-4,9-10H2,(H2,18,21). The number of hydrogen-bond acceptors (Lipinski definition) is 5. The van der Waals surface area contributed by atoms with Crippen LogP contribution >= 0.6 is 0 Å². The Morgan fingerprint density at radius 3 is 2.96 bits per heavy atom. The van der Waals surface area contributed by atoms with E-state index in [0.29, 0.717) is 12.2 Å². The summed E-state index contributed by atoms with van der Waals surface area (Å²) in [7, 11) is 0. The molecule has 1 aliphatic heterocycles. The fraction of sp³-hybridized carbons (Fsp3) is 0.294. The minimum absolute atomic E-state index is 0.0253. The van der Waals surface area contributed by atoms with Crippen molar-refractivity contribution in [2.75, 3.05) is 12.3 Å². The Bertz CT molecular complexity index is 839. The number of amides is 1. The van der Waals surface area contributed by atoms with Crippen LogP contribution in [0.25, 0.3) is 5.65 Å². The van der Waals surface area contributed by atoms with Gasteiger partial charge in [-0.25, -0.2) is 4.98 Å². The van der Waals surface area contributed by atoms with Crippen molar-refractivity contribution in [1.82, 2.24) is 24.5 Å². The predicted molar refractivity (Wildman–Crippen MR) is 89.0 cm³/mol. The van der Waals surface area contributed by atoms with Gasteiger partial charge in [0, 0.05) is 18.9 Å². The summed E-state index contributed by atoms with van der Waals surface area (Å²) in [6.45, 7) is 0.739. The van der Waals surface area contributed by atoms with Crippen LogP contribution in [0.4, 0.5) is 5.82 Å². The van der Waals surface area contributed by atoms with Crippen LogP contribution in [0.3, 0.4) is 0 Å². The van der Waals surface area contributed by atoms with Gasteiger partial charge in [-0.2, -0.15) is 5.10 Å². The summed E-state index contributed by atoms with van der Waals surface area (Å²) in [6.07, 6.45) is 5.99. The molecule has 1 saturated heterocycles. The zero-order valence-corrected chi connectivity index (χ0v) is 13.2. The maximum atomic E-state index is 12.7. The van der Waals surface area contributed by atoms with Gasteiger partial charge in [-0.15, -0.1) is 5.10 Å². The van der Waals surface area contributed by atoms with E-state index < -0.39 is 0 Å². The first kappa shape index (κ1) is 14.6. The average Bonchev–Trinajstić information content (AvgIpc) is 3.21. The molecular weight excluding hydrogens is 304 g/mol. The molecule has 0 aromatic carbocycles. The lowest BCUT2D eigenvalue weighted by Crippen LogP contribution is -2.32. The molecule has 1 amide bonds. The number of anilines is 1. The molecular formula is C17H18N6O. The van der Waals surface area contributed by atoms with Crippen molar-refractivity contribution in [3.63, 3.8) is 0 Å². The topological polar surface area (TPSA) is 89.4 Å². The lowest BCUT2D eigenvalue weighted by Gasteiger charge is -2.23. The second-order valence-electron chi connectivity index (χ2n) is 6.00. The molecule has 3 aromatic heterocycles. The van der Waals surface area contributed by atoms with Crippen molar-refractivity contribution in [1.29, 1.82) is 0 Å². The molecule has 7 nitrogen and oxygen atoms in total. The number of pyridine rings is 1. The van der Waals surface area contributed by atoms with Gasteiger partial charge >= 0.3 is 0 Å². The number of carbonyl (C=O) groups excluding carboxylic acids is 1. The summed E-state index contributed by atoms with van der Waals surface area (Å²) in [4.78, 5) is 19.1. The summed E-state index contributed by atoms with van der Waals surface area (Å²) in [5.74, 6) is 0.457. The maximum Gasteiger partial charge on any atom is 0.229 e. The first-order valence-electron chi connectivity index (χ1n) is 8.02. The Hall–Kier alpha value is -2.96. The number of carbonyl (C=O) groups is 1. The molecule has 7 heteroatoms. The summed E-state index contributed by atoms with van der Waals surface area (Å²) in [6, 6.07) is 9.36. The van der Waals surface area contributed by atoms with E-state index in [2.05, 4.69) is 15.2 Å². The molecule has 1 atom stereocenters. The van der Waals surface area contributed by atoms with Gasteiger partial charge in [-0.1, -0.05) is 6.07 Å². The average molecular weight is 322 g/mol. The quantitative estimate of drug-likeness (QED) is 0.791. The van der Waals surface area contributed by atoms with Crippen LogP contribution in [0.2, 0.25) is 0 Å². The molecule has 4 rings (SSSR count). The third kappa shape index (κ3) is 2.68. The summed E-state index contributed by atoms with van der Waals surface area (Å²) < 4.78 is 1.93. The van der Waals surface area contributed by atoms with E-state index in [-0.39, 0.29) is 11.9 Å². The van der Waals surface area contributed by atoms with Gasteiger partial charge in [0.05, 0.1) is 23.9 Å². The van der Waals surface area contributed by atoms with Gasteiger partial charge in [0.2, 0.25) is 5.91 Å². The zero-order valence-electron chi connectivity index (χ0n) is 13.2. The summed E-state index contributed by atoms with van der Waals surface area (Å²) in [5.41, 5.74) is 8.02. The minimum atomic E-state index is -0.0253. The Kier molecular flexibility index (Phi) is 3.60. The third-order valence-corrected chi connectivity index (χ3v) is 4.37. The Labute approximate surface area is 139 Å². The van der Waals surface area contributed by atoms with E-state index in [1.807, 2.05) is 46.0 Å². The molecule has 2 N–H and O–H groups in total. The van der Waals surface area contributed by atoms with E-state index >= 15 is 0 Å². The molecule has 3 aromatic rings. The van der Waals surface area contributed by atoms with Gasteiger partial charge in [0.15, 0.2) is 0 Å². The molecule has 0 spiro atoms. The lowest BCUT2D eigenvalue weighted by molar-refractivity contribution is -0.131. The largest absolute Gasteiger partial charge is 0.382 e. The molecule has 0 radical (unpaired) electrons. The van der Waals surface area contributed by atoms with Crippen molar-refractivity contribution in [2.45, 2.75) is 25.3 Å². The fourth-order valence-corrected chi connectivity index (χ4v) is 3.23. The number of aromatic nitrogens is 4. The Morgan fingerprint density at radius 1 is 1.25 bits per heavy atom. The van der Waals surface area contributed by atoms with Crippen LogP contribution in [0.15, 0.2) is 42.7 Å². The molecule has 122 valence electrons. The molecule has 1 fully saturated rings. The highest BCUT2D eigenvalue weighted by molar-refractivity contribution is 5.79. The molecule has 0 saturated carbocycles. The normalized spacial score (nSPS) is 17.5. The van der Waals surface area contributed by atoms with Crippen molar-refractivity contribution < 1.29 is 4.79 Å². The predicted octanol–water partition coefficient (Wildman–Crippen LogP) is 1.61.